The third kappa shape index (κ3) is 2.55. The molecule has 0 aromatic rings. The van der Waals surface area contributed by atoms with Gasteiger partial charge in [-0.1, -0.05) is 0 Å². The molecule has 0 aromatic carbocycles. The Labute approximate surface area is 148 Å². The number of amides is 4. The summed E-state index contributed by atoms with van der Waals surface area (Å²) < 4.78 is 0.714. The number of halogens is 2. The van der Waals surface area contributed by atoms with Gasteiger partial charge < -0.3 is 0 Å². The number of nitrogens with zero attached hydrogens (tertiary/aromatic N) is 2. The van der Waals surface area contributed by atoms with Crippen LogP contribution in [0, 0.1) is 0 Å². The first-order chi connectivity index (χ1) is 10.4. The van der Waals surface area contributed by atoms with Crippen LogP contribution >= 0.6 is 38.5 Å². The molecule has 0 aromatic heterocycles. The van der Waals surface area contributed by atoms with Crippen LogP contribution < -0.4 is 0 Å². The van der Waals surface area contributed by atoms with Gasteiger partial charge in [-0.3, -0.25) is 29.0 Å². The van der Waals surface area contributed by atoms with Crippen LogP contribution in [0.2, 0.25) is 0 Å². The molecule has 22 heavy (non-hydrogen) atoms. The zero-order valence-corrected chi connectivity index (χ0v) is 15.2. The van der Waals surface area contributed by atoms with Crippen LogP contribution in [0.25, 0.3) is 0 Å². The van der Waals surface area contributed by atoms with E-state index in [4.69, 9.17) is 0 Å². The number of imide groups is 2. The second-order valence-corrected chi connectivity index (χ2v) is 7.49. The fourth-order valence-corrected chi connectivity index (χ4v) is 4.09. The maximum Gasteiger partial charge on any atom is 0.268 e. The molecule has 3 aliphatic rings. The Morgan fingerprint density at radius 1 is 0.864 bits per heavy atom. The van der Waals surface area contributed by atoms with E-state index >= 15 is 0 Å². The first kappa shape index (κ1) is 15.9. The van der Waals surface area contributed by atoms with Crippen LogP contribution in [0.3, 0.4) is 0 Å². The number of hydrogen-bond donors (Lipinski definition) is 0. The highest BCUT2D eigenvalue weighted by Gasteiger charge is 2.41. The van der Waals surface area contributed by atoms with Crippen molar-refractivity contribution in [3.8, 4) is 0 Å². The first-order valence-corrected chi connectivity index (χ1v) is 8.76. The summed E-state index contributed by atoms with van der Waals surface area (Å²) in [5, 5.41) is 0. The predicted molar refractivity (Wildman–Crippen MR) is 88.9 cm³/mol. The van der Waals surface area contributed by atoms with Gasteiger partial charge in [-0.25, -0.2) is 0 Å². The molecule has 0 bridgehead atoms. The van der Waals surface area contributed by atoms with E-state index in [-0.39, 0.29) is 40.2 Å². The minimum absolute atomic E-state index is 0.149. The molecule has 3 rings (SSSR count). The Balaban J connectivity index is 1.65. The van der Waals surface area contributed by atoms with E-state index in [0.717, 1.165) is 0 Å². The number of carbonyl (C=O) groups excluding carboxylic acids is 4. The van der Waals surface area contributed by atoms with E-state index in [1.807, 2.05) is 22.6 Å². The first-order valence-electron chi connectivity index (χ1n) is 6.89. The highest BCUT2D eigenvalue weighted by atomic mass is 127. The van der Waals surface area contributed by atoms with E-state index in [2.05, 4.69) is 15.9 Å². The molecule has 1 fully saturated rings. The van der Waals surface area contributed by atoms with Crippen molar-refractivity contribution in [3.63, 3.8) is 0 Å². The van der Waals surface area contributed by atoms with Crippen LogP contribution in [0.4, 0.5) is 0 Å². The molecule has 0 unspecified atom stereocenters. The molecule has 0 N–H and O–H groups in total. The lowest BCUT2D eigenvalue weighted by molar-refractivity contribution is -0.144. The minimum Gasteiger partial charge on any atom is -0.271 e. The van der Waals surface area contributed by atoms with Crippen LogP contribution in [0.15, 0.2) is 20.2 Å². The van der Waals surface area contributed by atoms with Gasteiger partial charge in [-0.05, 0) is 64.2 Å². The molecule has 4 amide bonds. The fourth-order valence-electron chi connectivity index (χ4n) is 3.18. The molecule has 1 aliphatic carbocycles. The van der Waals surface area contributed by atoms with Crippen LogP contribution in [0.1, 0.15) is 25.7 Å². The van der Waals surface area contributed by atoms with Crippen molar-refractivity contribution in [1.29, 1.82) is 0 Å². The highest BCUT2D eigenvalue weighted by molar-refractivity contribution is 14.1. The molecule has 2 aliphatic heterocycles. The van der Waals surface area contributed by atoms with Crippen molar-refractivity contribution in [2.24, 2.45) is 0 Å². The summed E-state index contributed by atoms with van der Waals surface area (Å²) in [7, 11) is 0. The molecule has 0 spiro atoms. The lowest BCUT2D eigenvalue weighted by Crippen LogP contribution is -2.48. The maximum absolute atomic E-state index is 12.0. The zero-order valence-electron chi connectivity index (χ0n) is 11.4. The Morgan fingerprint density at radius 3 is 1.68 bits per heavy atom. The van der Waals surface area contributed by atoms with E-state index in [1.54, 1.807) is 0 Å². The highest BCUT2D eigenvalue weighted by Crippen LogP contribution is 2.33. The maximum atomic E-state index is 12.0. The number of carbonyl (C=O) groups is 4. The van der Waals surface area contributed by atoms with Crippen LogP contribution in [0.5, 0.6) is 0 Å². The van der Waals surface area contributed by atoms with Crippen LogP contribution in [-0.2, 0) is 19.2 Å². The normalized spacial score (nSPS) is 29.4. The van der Waals surface area contributed by atoms with Crippen molar-refractivity contribution < 1.29 is 19.2 Å². The zero-order chi connectivity index (χ0) is 16.0. The van der Waals surface area contributed by atoms with E-state index in [0.29, 0.717) is 29.3 Å². The molecule has 116 valence electrons. The molecule has 0 saturated heterocycles. The average Bonchev–Trinajstić information content (AvgIpc) is 2.87. The fraction of sp³-hybridized carbons (Fsp3) is 0.429. The van der Waals surface area contributed by atoms with Gasteiger partial charge in [0.25, 0.3) is 23.6 Å². The standard InChI is InChI=1S/C14H12BrIN2O4/c15-9-5-11(19)17(13(9)21)7-1-3-8(4-2-7)18-12(20)6-10(16)14(18)22/h5-8H,1-4H2/t7-,8-. The smallest absolute Gasteiger partial charge is 0.268 e. The Kier molecular flexibility index (Phi) is 4.23. The monoisotopic (exact) mass is 478 g/mol. The van der Waals surface area contributed by atoms with Gasteiger partial charge in [-0.15, -0.1) is 0 Å². The minimum atomic E-state index is -0.307. The SMILES string of the molecule is O=C1C=C(Br)C(=O)N1[C@H]1CC[C@H](N2C(=O)C=C(I)C2=O)CC1. The molecule has 0 atom stereocenters. The summed E-state index contributed by atoms with van der Waals surface area (Å²) in [6.07, 6.45) is 5.05. The Morgan fingerprint density at radius 2 is 1.32 bits per heavy atom. The molecule has 0 radical (unpaired) electrons. The van der Waals surface area contributed by atoms with Crippen molar-refractivity contribution in [2.75, 3.05) is 0 Å². The molecule has 2 heterocycles. The van der Waals surface area contributed by atoms with Gasteiger partial charge in [0.1, 0.15) is 0 Å². The van der Waals surface area contributed by atoms with Crippen LogP contribution in [-0.4, -0.2) is 45.5 Å². The van der Waals surface area contributed by atoms with Crippen molar-refractivity contribution >= 4 is 62.1 Å². The number of rotatable bonds is 2. The molecule has 8 heteroatoms. The lowest BCUT2D eigenvalue weighted by Gasteiger charge is -2.36. The third-order valence-electron chi connectivity index (χ3n) is 4.22. The van der Waals surface area contributed by atoms with Gasteiger partial charge >= 0.3 is 0 Å². The van der Waals surface area contributed by atoms with E-state index in [1.165, 1.54) is 22.0 Å². The van der Waals surface area contributed by atoms with Crippen molar-refractivity contribution in [3.05, 3.63) is 20.2 Å². The second kappa shape index (κ2) is 5.88. The van der Waals surface area contributed by atoms with Gasteiger partial charge in [0.05, 0.1) is 8.06 Å². The lowest BCUT2D eigenvalue weighted by atomic mass is 9.89. The van der Waals surface area contributed by atoms with Crippen molar-refractivity contribution in [1.82, 2.24) is 9.80 Å². The summed E-state index contributed by atoms with van der Waals surface area (Å²) in [6.45, 7) is 0. The Hall–Kier alpha value is -1.03. The van der Waals surface area contributed by atoms with Crippen molar-refractivity contribution in [2.45, 2.75) is 37.8 Å². The topological polar surface area (TPSA) is 74.8 Å². The average molecular weight is 479 g/mol. The largest absolute Gasteiger partial charge is 0.271 e. The van der Waals surface area contributed by atoms with Gasteiger partial charge in [0.15, 0.2) is 0 Å². The number of hydrogen-bond acceptors (Lipinski definition) is 4. The molecular weight excluding hydrogens is 467 g/mol. The quantitative estimate of drug-likeness (QED) is 0.446. The van der Waals surface area contributed by atoms with Gasteiger partial charge in [0.2, 0.25) is 0 Å². The summed E-state index contributed by atoms with van der Waals surface area (Å²) in [6, 6.07) is -0.314. The van der Waals surface area contributed by atoms with Gasteiger partial charge in [-0.2, -0.15) is 0 Å². The summed E-state index contributed by atoms with van der Waals surface area (Å²) in [4.78, 5) is 50.3. The Bertz CT molecular complexity index is 593. The molecule has 1 saturated carbocycles. The van der Waals surface area contributed by atoms with E-state index < -0.39 is 0 Å². The molecular formula is C14H12BrIN2O4. The third-order valence-corrected chi connectivity index (χ3v) is 5.56. The second-order valence-electron chi connectivity index (χ2n) is 5.47. The summed E-state index contributed by atoms with van der Waals surface area (Å²) in [5.74, 6) is -1.12. The summed E-state index contributed by atoms with van der Waals surface area (Å²) in [5.41, 5.74) is 0. The molecule has 6 nitrogen and oxygen atoms in total. The van der Waals surface area contributed by atoms with E-state index in [9.17, 15) is 19.2 Å². The van der Waals surface area contributed by atoms with Gasteiger partial charge in [0, 0.05) is 24.2 Å². The summed E-state index contributed by atoms with van der Waals surface area (Å²) >= 11 is 4.95. The predicted octanol–water partition coefficient (Wildman–Crippen LogP) is 1.63.